The predicted molar refractivity (Wildman–Crippen MR) is 216 cm³/mol. The van der Waals surface area contributed by atoms with E-state index in [0.29, 0.717) is 18.5 Å². The molecule has 3 N–H and O–H groups in total. The van der Waals surface area contributed by atoms with Gasteiger partial charge in [-0.25, -0.2) is 0 Å². The SMILES string of the molecule is CC[C@H](C)[C@@H](C(CC(=O)N1CCC[C@H]1[C@H](OC)[C@@H](C)C(=O)N[C@H](C)[C@@H](O)c1ccccc1)OC)N(C)C(=O)[C@@H](NC(=O)[C@H](C(C)C)N1CCCCC1)C(C)C. The fraction of sp³-hybridized carbons (Fsp3) is 0.767. The Balaban J connectivity index is 1.76. The second kappa shape index (κ2) is 22.0. The summed E-state index contributed by atoms with van der Waals surface area (Å²) >= 11 is 0. The molecular weight excluding hydrogens is 699 g/mol. The van der Waals surface area contributed by atoms with E-state index in [1.165, 1.54) is 6.42 Å². The van der Waals surface area contributed by atoms with E-state index in [-0.39, 0.29) is 59.9 Å². The Morgan fingerprint density at radius 1 is 0.855 bits per heavy atom. The van der Waals surface area contributed by atoms with Gasteiger partial charge in [0.15, 0.2) is 0 Å². The standard InChI is InChI=1S/C43H73N5O7/c1-12-29(6)38(46(9)43(53)36(27(2)3)45-42(52)37(28(4)5)47-23-17-14-18-24-47)34(54-10)26-35(49)48-25-19-22-33(48)40(55-11)30(7)41(51)44-31(8)39(50)32-20-15-13-16-21-32/h13,15-16,20-21,27-31,33-34,36-40,50H,12,14,17-19,22-26H2,1-11H3,(H,44,51)(H,45,52)/t29-,30+,31+,33-,34?,36-,37-,38-,39+,40+/m0/s1. The van der Waals surface area contributed by atoms with Crippen LogP contribution in [0.5, 0.6) is 0 Å². The van der Waals surface area contributed by atoms with Crippen LogP contribution in [0.2, 0.25) is 0 Å². The van der Waals surface area contributed by atoms with E-state index < -0.39 is 42.4 Å². The molecule has 3 rings (SSSR count). The second-order valence-electron chi connectivity index (χ2n) is 16.8. The molecule has 312 valence electrons. The quantitative estimate of drug-likeness (QED) is 0.172. The molecule has 2 saturated heterocycles. The van der Waals surface area contributed by atoms with Gasteiger partial charge < -0.3 is 35.0 Å². The first-order valence-electron chi connectivity index (χ1n) is 20.8. The van der Waals surface area contributed by atoms with Crippen LogP contribution in [0.25, 0.3) is 0 Å². The van der Waals surface area contributed by atoms with Crippen LogP contribution in [-0.4, -0.2) is 127 Å². The summed E-state index contributed by atoms with van der Waals surface area (Å²) in [6, 6.07) is 6.86. The molecule has 12 heteroatoms. The number of rotatable bonds is 20. The van der Waals surface area contributed by atoms with Crippen molar-refractivity contribution in [3.8, 4) is 0 Å². The van der Waals surface area contributed by atoms with E-state index in [1.807, 2.05) is 49.1 Å². The molecule has 10 atom stereocenters. The van der Waals surface area contributed by atoms with Crippen LogP contribution in [0.4, 0.5) is 0 Å². The molecule has 4 amide bonds. The molecule has 55 heavy (non-hydrogen) atoms. The molecule has 0 saturated carbocycles. The second-order valence-corrected chi connectivity index (χ2v) is 16.8. The van der Waals surface area contributed by atoms with E-state index in [9.17, 15) is 24.3 Å². The largest absolute Gasteiger partial charge is 0.386 e. The van der Waals surface area contributed by atoms with Crippen LogP contribution in [0.1, 0.15) is 112 Å². The Labute approximate surface area is 331 Å². The zero-order valence-corrected chi connectivity index (χ0v) is 35.6. The highest BCUT2D eigenvalue weighted by molar-refractivity contribution is 5.90. The maximum atomic E-state index is 14.4. The van der Waals surface area contributed by atoms with Gasteiger partial charge in [-0.05, 0) is 69.0 Å². The minimum Gasteiger partial charge on any atom is -0.386 e. The Hall–Kier alpha value is -3.06. The van der Waals surface area contributed by atoms with Crippen LogP contribution in [0.3, 0.4) is 0 Å². The number of hydrogen-bond donors (Lipinski definition) is 3. The normalized spacial score (nSPS) is 21.6. The smallest absolute Gasteiger partial charge is 0.245 e. The molecule has 0 spiro atoms. The van der Waals surface area contributed by atoms with Crippen LogP contribution < -0.4 is 10.6 Å². The van der Waals surface area contributed by atoms with E-state index in [0.717, 1.165) is 38.8 Å². The summed E-state index contributed by atoms with van der Waals surface area (Å²) in [5.41, 5.74) is 0.714. The molecule has 2 fully saturated rings. The van der Waals surface area contributed by atoms with E-state index >= 15 is 0 Å². The summed E-state index contributed by atoms with van der Waals surface area (Å²) < 4.78 is 12.0. The number of aliphatic hydroxyl groups excluding tert-OH is 1. The summed E-state index contributed by atoms with van der Waals surface area (Å²) in [7, 11) is 4.91. The monoisotopic (exact) mass is 772 g/mol. The minimum atomic E-state index is -0.874. The zero-order valence-electron chi connectivity index (χ0n) is 35.6. The number of carbonyl (C=O) groups is 4. The Morgan fingerprint density at radius 3 is 2.04 bits per heavy atom. The van der Waals surface area contributed by atoms with Crippen LogP contribution >= 0.6 is 0 Å². The Kier molecular flexibility index (Phi) is 18.6. The van der Waals surface area contributed by atoms with Gasteiger partial charge in [0.05, 0.1) is 54.8 Å². The number of nitrogens with zero attached hydrogens (tertiary/aromatic N) is 3. The van der Waals surface area contributed by atoms with Gasteiger partial charge in [0, 0.05) is 27.8 Å². The van der Waals surface area contributed by atoms with Gasteiger partial charge in [0.2, 0.25) is 23.6 Å². The maximum Gasteiger partial charge on any atom is 0.245 e. The number of likely N-dealkylation sites (tertiary alicyclic amines) is 2. The highest BCUT2D eigenvalue weighted by atomic mass is 16.5. The van der Waals surface area contributed by atoms with Crippen molar-refractivity contribution < 1.29 is 33.8 Å². The van der Waals surface area contributed by atoms with Crippen molar-refractivity contribution in [2.24, 2.45) is 23.7 Å². The summed E-state index contributed by atoms with van der Waals surface area (Å²) in [5.74, 6) is -1.38. The molecule has 2 heterocycles. The van der Waals surface area contributed by atoms with Crippen molar-refractivity contribution in [1.29, 1.82) is 0 Å². The van der Waals surface area contributed by atoms with E-state index in [1.54, 1.807) is 40.0 Å². The lowest BCUT2D eigenvalue weighted by molar-refractivity contribution is -0.148. The minimum absolute atomic E-state index is 0.00924. The third kappa shape index (κ3) is 12.0. The van der Waals surface area contributed by atoms with Gasteiger partial charge in [-0.2, -0.15) is 0 Å². The fourth-order valence-electron chi connectivity index (χ4n) is 8.74. The van der Waals surface area contributed by atoms with E-state index in [4.69, 9.17) is 9.47 Å². The molecule has 12 nitrogen and oxygen atoms in total. The highest BCUT2D eigenvalue weighted by Gasteiger charge is 2.43. The third-order valence-electron chi connectivity index (χ3n) is 12.2. The molecular formula is C43H73N5O7. The average Bonchev–Trinajstić information content (AvgIpc) is 3.66. The molecule has 0 aromatic heterocycles. The van der Waals surface area contributed by atoms with Crippen LogP contribution in [0.15, 0.2) is 30.3 Å². The van der Waals surface area contributed by atoms with Gasteiger partial charge in [0.1, 0.15) is 6.04 Å². The number of nitrogens with one attached hydrogen (secondary N) is 2. The predicted octanol–water partition coefficient (Wildman–Crippen LogP) is 4.80. The van der Waals surface area contributed by atoms with Crippen molar-refractivity contribution in [3.05, 3.63) is 35.9 Å². The van der Waals surface area contributed by atoms with Crippen molar-refractivity contribution in [1.82, 2.24) is 25.3 Å². The first-order chi connectivity index (χ1) is 26.1. The number of carbonyl (C=O) groups excluding carboxylic acids is 4. The molecule has 1 aromatic carbocycles. The van der Waals surface area contributed by atoms with Crippen molar-refractivity contribution in [2.45, 2.75) is 149 Å². The number of methoxy groups -OCH3 is 2. The summed E-state index contributed by atoms with van der Waals surface area (Å²) in [6.07, 6.45) is 3.49. The lowest BCUT2D eigenvalue weighted by Gasteiger charge is -2.41. The van der Waals surface area contributed by atoms with E-state index in [2.05, 4.69) is 43.2 Å². The van der Waals surface area contributed by atoms with Crippen molar-refractivity contribution in [3.63, 3.8) is 0 Å². The number of ether oxygens (including phenoxy) is 2. The third-order valence-corrected chi connectivity index (χ3v) is 12.2. The van der Waals surface area contributed by atoms with Gasteiger partial charge in [-0.1, -0.05) is 91.6 Å². The van der Waals surface area contributed by atoms with Crippen molar-refractivity contribution >= 4 is 23.6 Å². The first-order valence-corrected chi connectivity index (χ1v) is 20.8. The van der Waals surface area contributed by atoms with Gasteiger partial charge in [-0.15, -0.1) is 0 Å². The van der Waals surface area contributed by atoms with Crippen LogP contribution in [0, 0.1) is 23.7 Å². The molecule has 0 bridgehead atoms. The average molecular weight is 772 g/mol. The van der Waals surface area contributed by atoms with Crippen LogP contribution in [-0.2, 0) is 28.7 Å². The number of likely N-dealkylation sites (N-methyl/N-ethyl adjacent to an activating group) is 1. The van der Waals surface area contributed by atoms with Gasteiger partial charge in [0.25, 0.3) is 0 Å². The lowest BCUT2D eigenvalue weighted by Crippen LogP contribution is -2.60. The zero-order chi connectivity index (χ0) is 41.0. The van der Waals surface area contributed by atoms with Gasteiger partial charge >= 0.3 is 0 Å². The van der Waals surface area contributed by atoms with Gasteiger partial charge in [-0.3, -0.25) is 24.1 Å². The first kappa shape index (κ1) is 46.3. The molecule has 1 unspecified atom stereocenters. The molecule has 0 aliphatic carbocycles. The molecule has 1 aromatic rings. The fourth-order valence-corrected chi connectivity index (χ4v) is 8.74. The Morgan fingerprint density at radius 2 is 1.49 bits per heavy atom. The number of amides is 4. The summed E-state index contributed by atoms with van der Waals surface area (Å²) in [5, 5.41) is 17.0. The number of benzene rings is 1. The number of piperidine rings is 1. The molecule has 2 aliphatic rings. The summed E-state index contributed by atoms with van der Waals surface area (Å²) in [6.45, 7) is 18.0. The molecule has 0 radical (unpaired) electrons. The van der Waals surface area contributed by atoms with Crippen molar-refractivity contribution in [2.75, 3.05) is 40.9 Å². The number of hydrogen-bond acceptors (Lipinski definition) is 8. The topological polar surface area (TPSA) is 141 Å². The Bertz CT molecular complexity index is 1360. The molecule has 2 aliphatic heterocycles. The highest BCUT2D eigenvalue weighted by Crippen LogP contribution is 2.30. The lowest BCUT2D eigenvalue weighted by atomic mass is 9.89. The number of aliphatic hydroxyl groups is 1. The maximum absolute atomic E-state index is 14.4. The summed E-state index contributed by atoms with van der Waals surface area (Å²) in [4.78, 5) is 61.8.